The van der Waals surface area contributed by atoms with Crippen molar-refractivity contribution in [3.63, 3.8) is 0 Å². The molecule has 2 amide bonds. The molecule has 0 spiro atoms. The second-order valence-corrected chi connectivity index (χ2v) is 11.3. The molecule has 0 aliphatic carbocycles. The van der Waals surface area contributed by atoms with Crippen LogP contribution < -0.4 is 16.2 Å². The van der Waals surface area contributed by atoms with Crippen LogP contribution in [0.25, 0.3) is 10.9 Å². The van der Waals surface area contributed by atoms with Gasteiger partial charge in [0.15, 0.2) is 6.23 Å². The van der Waals surface area contributed by atoms with Gasteiger partial charge in [-0.25, -0.2) is 4.68 Å². The molecule has 1 unspecified atom stereocenters. The van der Waals surface area contributed by atoms with Gasteiger partial charge in [-0.3, -0.25) is 14.4 Å². The van der Waals surface area contributed by atoms with Crippen molar-refractivity contribution in [1.29, 1.82) is 0 Å². The Bertz CT molecular complexity index is 1860. The summed E-state index contributed by atoms with van der Waals surface area (Å²) in [4.78, 5) is 37.9. The van der Waals surface area contributed by atoms with Gasteiger partial charge in [0.25, 0.3) is 11.5 Å². The minimum Gasteiger partial charge on any atom is -0.356 e. The first-order chi connectivity index (χ1) is 21.4. The molecule has 6 rings (SSSR count). The van der Waals surface area contributed by atoms with Gasteiger partial charge in [-0.05, 0) is 72.9 Å². The lowest BCUT2D eigenvalue weighted by molar-refractivity contribution is -0.115. The average molecular weight is 610 g/mol. The van der Waals surface area contributed by atoms with Gasteiger partial charge in [-0.2, -0.15) is 5.10 Å². The molecule has 1 atom stereocenters. The van der Waals surface area contributed by atoms with E-state index >= 15 is 0 Å². The average Bonchev–Trinajstić information content (AvgIpc) is 3.40. The lowest BCUT2D eigenvalue weighted by Gasteiger charge is -2.23. The van der Waals surface area contributed by atoms with E-state index in [-0.39, 0.29) is 36.6 Å². The third-order valence-electron chi connectivity index (χ3n) is 7.64. The molecular formula is C34H32ClN5O4. The molecule has 3 heterocycles. The van der Waals surface area contributed by atoms with E-state index in [1.165, 1.54) is 6.07 Å². The van der Waals surface area contributed by atoms with Crippen LogP contribution >= 0.6 is 11.6 Å². The van der Waals surface area contributed by atoms with E-state index in [2.05, 4.69) is 10.6 Å². The number of hydrogen-bond acceptors (Lipinski definition) is 5. The first-order valence-corrected chi connectivity index (χ1v) is 15.0. The summed E-state index contributed by atoms with van der Waals surface area (Å²) in [5.74, 6) is -0.485. The number of pyridine rings is 1. The summed E-state index contributed by atoms with van der Waals surface area (Å²) >= 11 is 6.29. The monoisotopic (exact) mass is 609 g/mol. The van der Waals surface area contributed by atoms with Crippen LogP contribution in [-0.2, 0) is 29.0 Å². The SMILES string of the molecule is O=C(Cc1ccc(Cn2ccccc2=O)cc1)Nc1cccc(C(=O)NCc2nn(C3CCCCO3)c3ccc(Cl)cc23)c1. The van der Waals surface area contributed by atoms with Gasteiger partial charge in [0, 0.05) is 40.5 Å². The largest absolute Gasteiger partial charge is 0.356 e. The smallest absolute Gasteiger partial charge is 0.251 e. The van der Waals surface area contributed by atoms with Crippen molar-refractivity contribution < 1.29 is 14.3 Å². The lowest BCUT2D eigenvalue weighted by Crippen LogP contribution is -2.24. The molecular weight excluding hydrogens is 578 g/mol. The van der Waals surface area contributed by atoms with Crippen LogP contribution in [0.2, 0.25) is 5.02 Å². The maximum atomic E-state index is 13.1. The fourth-order valence-electron chi connectivity index (χ4n) is 5.39. The predicted molar refractivity (Wildman–Crippen MR) is 170 cm³/mol. The van der Waals surface area contributed by atoms with E-state index in [9.17, 15) is 14.4 Å². The summed E-state index contributed by atoms with van der Waals surface area (Å²) in [5.41, 5.74) is 4.30. The Morgan fingerprint density at radius 2 is 1.80 bits per heavy atom. The van der Waals surface area contributed by atoms with Gasteiger partial charge in [-0.15, -0.1) is 0 Å². The number of nitrogens with zero attached hydrogens (tertiary/aromatic N) is 3. The maximum Gasteiger partial charge on any atom is 0.251 e. The predicted octanol–water partition coefficient (Wildman–Crippen LogP) is 5.71. The number of anilines is 1. The summed E-state index contributed by atoms with van der Waals surface area (Å²) in [6, 6.07) is 25.1. The van der Waals surface area contributed by atoms with Gasteiger partial charge < -0.3 is 19.9 Å². The molecule has 0 bridgehead atoms. The number of rotatable bonds is 9. The molecule has 1 aliphatic rings. The Morgan fingerprint density at radius 1 is 0.955 bits per heavy atom. The molecule has 0 radical (unpaired) electrons. The van der Waals surface area contributed by atoms with Crippen molar-refractivity contribution in [2.75, 3.05) is 11.9 Å². The van der Waals surface area contributed by atoms with Crippen LogP contribution in [0.15, 0.2) is 95.9 Å². The highest BCUT2D eigenvalue weighted by Gasteiger charge is 2.21. The van der Waals surface area contributed by atoms with Crippen molar-refractivity contribution in [3.8, 4) is 0 Å². The summed E-state index contributed by atoms with van der Waals surface area (Å²) in [6.45, 7) is 1.37. The lowest BCUT2D eigenvalue weighted by atomic mass is 10.1. The Morgan fingerprint density at radius 3 is 2.59 bits per heavy atom. The second kappa shape index (κ2) is 13.3. The molecule has 3 aromatic carbocycles. The number of nitrogens with one attached hydrogen (secondary N) is 2. The Kier molecular flexibility index (Phi) is 8.86. The van der Waals surface area contributed by atoms with Crippen LogP contribution in [0.1, 0.15) is 52.7 Å². The van der Waals surface area contributed by atoms with Crippen LogP contribution in [0.3, 0.4) is 0 Å². The highest BCUT2D eigenvalue weighted by atomic mass is 35.5. The Balaban J connectivity index is 1.07. The topological polar surface area (TPSA) is 107 Å². The summed E-state index contributed by atoms with van der Waals surface area (Å²) < 4.78 is 9.47. The summed E-state index contributed by atoms with van der Waals surface area (Å²) in [6.07, 6.45) is 4.77. The fraction of sp³-hybridized carbons (Fsp3) is 0.235. The van der Waals surface area contributed by atoms with E-state index in [0.29, 0.717) is 35.1 Å². The molecule has 0 saturated carbocycles. The number of carbonyl (C=O) groups excluding carboxylic acids is 2. The van der Waals surface area contributed by atoms with Crippen LogP contribution in [-0.4, -0.2) is 32.8 Å². The van der Waals surface area contributed by atoms with Crippen molar-refractivity contribution in [1.82, 2.24) is 19.7 Å². The molecule has 1 aliphatic heterocycles. The van der Waals surface area contributed by atoms with E-state index in [1.807, 2.05) is 53.2 Å². The zero-order valence-corrected chi connectivity index (χ0v) is 24.8. The molecule has 2 N–H and O–H groups in total. The molecule has 1 fully saturated rings. The third-order valence-corrected chi connectivity index (χ3v) is 7.87. The molecule has 1 saturated heterocycles. The molecule has 44 heavy (non-hydrogen) atoms. The number of ether oxygens (including phenoxy) is 1. The molecule has 2 aromatic heterocycles. The Hall–Kier alpha value is -4.73. The van der Waals surface area contributed by atoms with Gasteiger partial charge in [0.1, 0.15) is 0 Å². The Labute approximate surface area is 259 Å². The highest BCUT2D eigenvalue weighted by molar-refractivity contribution is 6.31. The van der Waals surface area contributed by atoms with Crippen LogP contribution in [0, 0.1) is 0 Å². The van der Waals surface area contributed by atoms with E-state index < -0.39 is 0 Å². The van der Waals surface area contributed by atoms with E-state index in [0.717, 1.165) is 41.3 Å². The van der Waals surface area contributed by atoms with Gasteiger partial charge in [0.2, 0.25) is 5.91 Å². The molecule has 10 heteroatoms. The minimum absolute atomic E-state index is 0.0641. The number of fused-ring (bicyclic) bond motifs is 1. The van der Waals surface area contributed by atoms with Gasteiger partial charge in [0.05, 0.1) is 30.7 Å². The molecule has 9 nitrogen and oxygen atoms in total. The van der Waals surface area contributed by atoms with Crippen LogP contribution in [0.5, 0.6) is 0 Å². The first-order valence-electron chi connectivity index (χ1n) is 14.6. The maximum absolute atomic E-state index is 13.1. The van der Waals surface area contributed by atoms with Crippen molar-refractivity contribution >= 4 is 40.0 Å². The normalized spacial score (nSPS) is 14.8. The minimum atomic E-state index is -0.284. The van der Waals surface area contributed by atoms with Gasteiger partial charge >= 0.3 is 0 Å². The zero-order chi connectivity index (χ0) is 30.5. The number of aromatic nitrogens is 3. The number of benzene rings is 3. The van der Waals surface area contributed by atoms with Gasteiger partial charge in [-0.1, -0.05) is 48.0 Å². The van der Waals surface area contributed by atoms with Crippen molar-refractivity contribution in [3.05, 3.63) is 129 Å². The van der Waals surface area contributed by atoms with Crippen LogP contribution in [0.4, 0.5) is 5.69 Å². The quantitative estimate of drug-likeness (QED) is 0.223. The molecule has 5 aromatic rings. The number of carbonyl (C=O) groups is 2. The number of hydrogen-bond donors (Lipinski definition) is 2. The second-order valence-electron chi connectivity index (χ2n) is 10.8. The zero-order valence-electron chi connectivity index (χ0n) is 24.0. The first kappa shape index (κ1) is 29.3. The molecule has 224 valence electrons. The summed E-state index contributed by atoms with van der Waals surface area (Å²) in [5, 5.41) is 12.1. The fourth-order valence-corrected chi connectivity index (χ4v) is 5.56. The van der Waals surface area contributed by atoms with Crippen molar-refractivity contribution in [2.45, 2.75) is 45.0 Å². The van der Waals surface area contributed by atoms with E-state index in [1.54, 1.807) is 41.1 Å². The van der Waals surface area contributed by atoms with E-state index in [4.69, 9.17) is 21.4 Å². The standard InChI is InChI=1S/C34H32ClN5O4/c35-26-14-15-30-28(20-26)29(38-40(30)33-9-2-4-17-44-33)21-36-34(43)25-6-5-7-27(19-25)37-31(41)18-23-10-12-24(13-11-23)22-39-16-3-1-8-32(39)42/h1,3,5-8,10-16,19-20,33H,2,4,9,17-18,21-22H2,(H,36,43)(H,37,41). The van der Waals surface area contributed by atoms with Crippen molar-refractivity contribution in [2.24, 2.45) is 0 Å². The number of amides is 2. The third kappa shape index (κ3) is 6.90. The highest BCUT2D eigenvalue weighted by Crippen LogP contribution is 2.30. The summed E-state index contributed by atoms with van der Waals surface area (Å²) in [7, 11) is 0. The number of halogens is 1.